The molecule has 0 spiro atoms. The van der Waals surface area contributed by atoms with E-state index in [9.17, 15) is 14.7 Å². The largest absolute Gasteiger partial charge is 0.507 e. The maximum Gasteiger partial charge on any atom is 0.339 e. The standard InChI is InChI=1S/C14H25NO2.C11H10N2O3/c16-14(15-12-7-3-1-4-8-12)11-17-13-9-5-2-6-10-13;1-5-8(11(15)16)10(12)9-6(13-5)3-2-4-7(9)14/h12-13H,1-11H2,(H,15,16);2-4,14H,1H3,(H2,12,13)(H,15,16). The Morgan fingerprint density at radius 2 is 1.73 bits per heavy atom. The summed E-state index contributed by atoms with van der Waals surface area (Å²) >= 11 is 0. The van der Waals surface area contributed by atoms with Crippen LogP contribution >= 0.6 is 0 Å². The number of carboxylic acids is 1. The van der Waals surface area contributed by atoms with Crippen molar-refractivity contribution < 1.29 is 24.5 Å². The predicted molar refractivity (Wildman–Crippen MR) is 127 cm³/mol. The van der Waals surface area contributed by atoms with Gasteiger partial charge in [-0.25, -0.2) is 4.79 Å². The molecule has 2 aromatic rings. The number of aromatic carboxylic acids is 1. The first-order valence-corrected chi connectivity index (χ1v) is 11.9. The van der Waals surface area contributed by atoms with Crippen molar-refractivity contribution in [3.8, 4) is 5.75 Å². The van der Waals surface area contributed by atoms with Crippen molar-refractivity contribution in [1.82, 2.24) is 10.3 Å². The molecule has 5 N–H and O–H groups in total. The van der Waals surface area contributed by atoms with Crippen molar-refractivity contribution in [2.24, 2.45) is 0 Å². The van der Waals surface area contributed by atoms with Gasteiger partial charge in [-0.2, -0.15) is 0 Å². The number of aromatic nitrogens is 1. The smallest absolute Gasteiger partial charge is 0.339 e. The van der Waals surface area contributed by atoms with Crippen LogP contribution in [0.4, 0.5) is 5.69 Å². The number of carbonyl (C=O) groups is 2. The molecule has 2 saturated carbocycles. The molecule has 33 heavy (non-hydrogen) atoms. The van der Waals surface area contributed by atoms with Gasteiger partial charge in [0.1, 0.15) is 17.9 Å². The molecule has 1 heterocycles. The Kier molecular flexibility index (Phi) is 8.88. The van der Waals surface area contributed by atoms with Crippen LogP contribution < -0.4 is 11.1 Å². The van der Waals surface area contributed by atoms with Crippen LogP contribution in [0, 0.1) is 6.92 Å². The number of fused-ring (bicyclic) bond motifs is 1. The third-order valence-electron chi connectivity index (χ3n) is 6.40. The number of pyridine rings is 1. The lowest BCUT2D eigenvalue weighted by molar-refractivity contribution is -0.129. The van der Waals surface area contributed by atoms with Gasteiger partial charge < -0.3 is 26.0 Å². The molecule has 8 nitrogen and oxygen atoms in total. The number of nitrogens with two attached hydrogens (primary N) is 1. The lowest BCUT2D eigenvalue weighted by atomic mass is 9.95. The van der Waals surface area contributed by atoms with Gasteiger partial charge >= 0.3 is 5.97 Å². The average Bonchev–Trinajstić information content (AvgIpc) is 2.79. The number of aryl methyl sites for hydroxylation is 1. The van der Waals surface area contributed by atoms with E-state index in [0.29, 0.717) is 23.4 Å². The lowest BCUT2D eigenvalue weighted by Crippen LogP contribution is -2.39. The number of phenolic OH excluding ortho intramolecular Hbond substituents is 1. The van der Waals surface area contributed by atoms with Crippen LogP contribution in [0.15, 0.2) is 18.2 Å². The summed E-state index contributed by atoms with van der Waals surface area (Å²) in [5.41, 5.74) is 6.55. The zero-order chi connectivity index (χ0) is 23.8. The number of ether oxygens (including phenoxy) is 1. The van der Waals surface area contributed by atoms with E-state index in [0.717, 1.165) is 25.7 Å². The predicted octanol–water partition coefficient (Wildman–Crippen LogP) is 4.31. The van der Waals surface area contributed by atoms with Gasteiger partial charge in [-0.1, -0.05) is 44.6 Å². The molecular formula is C25H35N3O5. The van der Waals surface area contributed by atoms with Crippen molar-refractivity contribution in [2.75, 3.05) is 12.3 Å². The Morgan fingerprint density at radius 1 is 1.09 bits per heavy atom. The van der Waals surface area contributed by atoms with Crippen LogP contribution in [0.3, 0.4) is 0 Å². The zero-order valence-corrected chi connectivity index (χ0v) is 19.3. The van der Waals surface area contributed by atoms with E-state index in [1.165, 1.54) is 44.6 Å². The molecule has 1 amide bonds. The minimum absolute atomic E-state index is 0.0492. The number of carboxylic acid groups (broad SMARTS) is 1. The number of hydrogen-bond acceptors (Lipinski definition) is 6. The van der Waals surface area contributed by atoms with E-state index >= 15 is 0 Å². The zero-order valence-electron chi connectivity index (χ0n) is 19.3. The molecule has 0 radical (unpaired) electrons. The number of nitrogens with zero attached hydrogens (tertiary/aromatic N) is 1. The number of phenols is 1. The second-order valence-electron chi connectivity index (χ2n) is 8.94. The fraction of sp³-hybridized carbons (Fsp3) is 0.560. The summed E-state index contributed by atoms with van der Waals surface area (Å²) in [4.78, 5) is 26.8. The normalized spacial score (nSPS) is 17.2. The van der Waals surface area contributed by atoms with Gasteiger partial charge in [0.25, 0.3) is 0 Å². The molecule has 0 bridgehead atoms. The molecular weight excluding hydrogens is 422 g/mol. The molecule has 1 aromatic carbocycles. The first-order chi connectivity index (χ1) is 15.9. The Bertz CT molecular complexity index is 966. The average molecular weight is 458 g/mol. The lowest BCUT2D eigenvalue weighted by Gasteiger charge is -2.24. The van der Waals surface area contributed by atoms with Crippen molar-refractivity contribution in [3.63, 3.8) is 0 Å². The SMILES string of the molecule is Cc1nc2cccc(O)c2c(N)c1C(=O)O.O=C(COC1CCCCC1)NC1CCCCC1. The minimum Gasteiger partial charge on any atom is -0.507 e. The second-order valence-corrected chi connectivity index (χ2v) is 8.94. The number of nitrogens with one attached hydrogen (secondary N) is 1. The molecule has 0 aliphatic heterocycles. The third kappa shape index (κ3) is 6.81. The van der Waals surface area contributed by atoms with E-state index in [-0.39, 0.29) is 34.9 Å². The van der Waals surface area contributed by atoms with Crippen LogP contribution in [0.2, 0.25) is 0 Å². The molecule has 1 aromatic heterocycles. The highest BCUT2D eigenvalue weighted by molar-refractivity contribution is 6.06. The number of anilines is 1. The van der Waals surface area contributed by atoms with E-state index in [2.05, 4.69) is 10.3 Å². The molecule has 8 heteroatoms. The molecule has 180 valence electrons. The topological polar surface area (TPSA) is 135 Å². The fourth-order valence-electron chi connectivity index (χ4n) is 4.67. The Labute approximate surface area is 194 Å². The molecule has 2 aliphatic carbocycles. The molecule has 0 unspecified atom stereocenters. The molecule has 0 saturated heterocycles. The maximum absolute atomic E-state index is 11.7. The number of benzene rings is 1. The Morgan fingerprint density at radius 3 is 2.36 bits per heavy atom. The number of nitrogen functional groups attached to an aromatic ring is 1. The molecule has 4 rings (SSSR count). The fourth-order valence-corrected chi connectivity index (χ4v) is 4.67. The number of rotatable bonds is 5. The van der Waals surface area contributed by atoms with Crippen LogP contribution in [0.1, 0.15) is 80.3 Å². The molecule has 2 aliphatic rings. The van der Waals surface area contributed by atoms with Crippen LogP contribution in [0.25, 0.3) is 10.9 Å². The van der Waals surface area contributed by atoms with Crippen molar-refractivity contribution in [2.45, 2.75) is 83.3 Å². The summed E-state index contributed by atoms with van der Waals surface area (Å²) < 4.78 is 5.67. The van der Waals surface area contributed by atoms with Crippen molar-refractivity contribution >= 4 is 28.5 Å². The second kappa shape index (κ2) is 11.8. The van der Waals surface area contributed by atoms with E-state index in [1.54, 1.807) is 19.1 Å². The third-order valence-corrected chi connectivity index (χ3v) is 6.40. The summed E-state index contributed by atoms with van der Waals surface area (Å²) in [5.74, 6) is -1.12. The van der Waals surface area contributed by atoms with Crippen LogP contribution in [-0.2, 0) is 9.53 Å². The maximum atomic E-state index is 11.7. The van der Waals surface area contributed by atoms with Crippen molar-refractivity contribution in [1.29, 1.82) is 0 Å². The van der Waals surface area contributed by atoms with Gasteiger partial charge in [0.2, 0.25) is 5.91 Å². The monoisotopic (exact) mass is 457 g/mol. The summed E-state index contributed by atoms with van der Waals surface area (Å²) in [6.07, 6.45) is 12.6. The highest BCUT2D eigenvalue weighted by Gasteiger charge is 2.19. The van der Waals surface area contributed by atoms with E-state index in [4.69, 9.17) is 15.6 Å². The summed E-state index contributed by atoms with van der Waals surface area (Å²) in [7, 11) is 0. The number of carbonyl (C=O) groups excluding carboxylic acids is 1. The number of aromatic hydroxyl groups is 1. The molecule has 0 atom stereocenters. The summed E-state index contributed by atoms with van der Waals surface area (Å²) in [5, 5.41) is 22.0. The first kappa shape index (κ1) is 24.8. The minimum atomic E-state index is -1.15. The number of hydrogen-bond donors (Lipinski definition) is 4. The Balaban J connectivity index is 0.000000186. The highest BCUT2D eigenvalue weighted by Crippen LogP contribution is 2.32. The van der Waals surface area contributed by atoms with Gasteiger partial charge in [-0.3, -0.25) is 9.78 Å². The van der Waals surface area contributed by atoms with Gasteiger partial charge in [0, 0.05) is 6.04 Å². The van der Waals surface area contributed by atoms with Gasteiger partial charge in [-0.15, -0.1) is 0 Å². The van der Waals surface area contributed by atoms with Gasteiger partial charge in [0.05, 0.1) is 28.4 Å². The van der Waals surface area contributed by atoms with Gasteiger partial charge in [0.15, 0.2) is 0 Å². The Hall–Kier alpha value is -2.87. The highest BCUT2D eigenvalue weighted by atomic mass is 16.5. The quantitative estimate of drug-likeness (QED) is 0.525. The summed E-state index contributed by atoms with van der Waals surface area (Å²) in [6.45, 7) is 1.84. The van der Waals surface area contributed by atoms with Gasteiger partial charge in [-0.05, 0) is 44.7 Å². The molecule has 2 fully saturated rings. The van der Waals surface area contributed by atoms with E-state index < -0.39 is 5.97 Å². The van der Waals surface area contributed by atoms with Crippen LogP contribution in [-0.4, -0.2) is 45.8 Å². The van der Waals surface area contributed by atoms with Crippen molar-refractivity contribution in [3.05, 3.63) is 29.5 Å². The van der Waals surface area contributed by atoms with E-state index in [1.807, 2.05) is 0 Å². The number of amides is 1. The van der Waals surface area contributed by atoms with Crippen LogP contribution in [0.5, 0.6) is 5.75 Å². The first-order valence-electron chi connectivity index (χ1n) is 11.9. The summed E-state index contributed by atoms with van der Waals surface area (Å²) in [6, 6.07) is 5.15.